The summed E-state index contributed by atoms with van der Waals surface area (Å²) in [6.07, 6.45) is 0.451. The number of phosphoric ester groups is 1. The van der Waals surface area contributed by atoms with Crippen LogP contribution in [0.25, 0.3) is 0 Å². The van der Waals surface area contributed by atoms with Crippen LogP contribution in [0.4, 0.5) is 0 Å². The highest BCUT2D eigenvalue weighted by Crippen LogP contribution is 2.43. The van der Waals surface area contributed by atoms with Crippen molar-refractivity contribution in [2.24, 2.45) is 0 Å². The minimum absolute atomic E-state index is 0. The fourth-order valence-corrected chi connectivity index (χ4v) is 2.30. The van der Waals surface area contributed by atoms with Crippen molar-refractivity contribution in [1.82, 2.24) is 9.71 Å². The molecule has 0 bridgehead atoms. The quantitative estimate of drug-likeness (QED) is 0.344. The summed E-state index contributed by atoms with van der Waals surface area (Å²) in [6, 6.07) is 0. The molecule has 11 nitrogen and oxygen atoms in total. The van der Waals surface area contributed by atoms with Gasteiger partial charge in [-0.25, -0.2) is 14.1 Å². The first kappa shape index (κ1) is 17.2. The highest BCUT2D eigenvalue weighted by Gasteiger charge is 2.31. The van der Waals surface area contributed by atoms with Gasteiger partial charge in [0.2, 0.25) is 0 Å². The van der Waals surface area contributed by atoms with E-state index in [0.717, 1.165) is 11.1 Å². The molecule has 0 aliphatic rings. The summed E-state index contributed by atoms with van der Waals surface area (Å²) < 4.78 is 30.8. The molecular formula is C5H12N2O9P2. The average Bonchev–Trinajstić information content (AvgIpc) is 2.49. The first-order valence-corrected chi connectivity index (χ1v) is 7.39. The minimum Gasteiger partial charge on any atom is -0.412 e. The summed E-state index contributed by atoms with van der Waals surface area (Å²) in [6.45, 7) is 0. The molecule has 2 atom stereocenters. The van der Waals surface area contributed by atoms with E-state index in [1.54, 1.807) is 0 Å². The number of rotatable bonds is 6. The third-order valence-electron chi connectivity index (χ3n) is 1.35. The number of nitrogens with zero attached hydrogens (tertiary/aromatic N) is 2. The van der Waals surface area contributed by atoms with E-state index in [-0.39, 0.29) is 5.48 Å². The van der Waals surface area contributed by atoms with Crippen molar-refractivity contribution in [1.29, 1.82) is 0 Å². The Morgan fingerprint density at radius 3 is 2.39 bits per heavy atom. The zero-order chi connectivity index (χ0) is 13.1. The maximum atomic E-state index is 11.4. The standard InChI is InChI=1S/C5H10N2O8P2.H2O/c8-5(14-17(11,12)13)3-16(9,10)15-7-2-1-6-4-7;/h1-2,4-5,8H,3H2,(H,9,10)(H2,11,12,13);1H2. The van der Waals surface area contributed by atoms with E-state index in [4.69, 9.17) is 14.9 Å². The molecule has 0 aliphatic heterocycles. The second kappa shape index (κ2) is 6.41. The van der Waals surface area contributed by atoms with Crippen LogP contribution >= 0.6 is 15.4 Å². The van der Waals surface area contributed by atoms with E-state index in [0.29, 0.717) is 0 Å². The fourth-order valence-electron chi connectivity index (χ4n) is 0.865. The lowest BCUT2D eigenvalue weighted by molar-refractivity contribution is -0.0218. The molecular weight excluding hydrogens is 294 g/mol. The van der Waals surface area contributed by atoms with Crippen molar-refractivity contribution in [2.45, 2.75) is 6.29 Å². The summed E-state index contributed by atoms with van der Waals surface area (Å²) in [4.78, 5) is 29.5. The Balaban J connectivity index is 0.00000289. The summed E-state index contributed by atoms with van der Waals surface area (Å²) >= 11 is 0. The Hall–Kier alpha value is -0.770. The molecule has 0 amide bonds. The smallest absolute Gasteiger partial charge is 0.412 e. The molecule has 106 valence electrons. The van der Waals surface area contributed by atoms with Gasteiger partial charge in [-0.2, -0.15) is 4.73 Å². The summed E-state index contributed by atoms with van der Waals surface area (Å²) in [5.74, 6) is 0. The highest BCUT2D eigenvalue weighted by atomic mass is 31.2. The van der Waals surface area contributed by atoms with Crippen LogP contribution < -0.4 is 4.62 Å². The molecule has 1 heterocycles. The topological polar surface area (TPSA) is 183 Å². The Morgan fingerprint density at radius 1 is 1.33 bits per heavy atom. The van der Waals surface area contributed by atoms with Gasteiger partial charge < -0.3 is 29.9 Å². The van der Waals surface area contributed by atoms with Crippen molar-refractivity contribution in [3.05, 3.63) is 18.7 Å². The van der Waals surface area contributed by atoms with E-state index >= 15 is 0 Å². The van der Waals surface area contributed by atoms with Crippen molar-refractivity contribution >= 4 is 15.4 Å². The summed E-state index contributed by atoms with van der Waals surface area (Å²) in [7, 11) is -9.25. The molecule has 0 aromatic carbocycles. The van der Waals surface area contributed by atoms with Crippen LogP contribution in [0, 0.1) is 0 Å². The third-order valence-corrected chi connectivity index (χ3v) is 3.08. The van der Waals surface area contributed by atoms with Crippen LogP contribution in [0.15, 0.2) is 18.7 Å². The minimum atomic E-state index is -4.94. The van der Waals surface area contributed by atoms with Crippen molar-refractivity contribution in [3.8, 4) is 0 Å². The highest BCUT2D eigenvalue weighted by molar-refractivity contribution is 7.53. The van der Waals surface area contributed by atoms with Crippen molar-refractivity contribution in [2.75, 3.05) is 6.16 Å². The molecule has 6 N–H and O–H groups in total. The van der Waals surface area contributed by atoms with E-state index in [1.807, 2.05) is 0 Å². The number of hydrogen-bond acceptors (Lipinski definition) is 6. The Bertz CT molecular complexity index is 442. The lowest BCUT2D eigenvalue weighted by Crippen LogP contribution is -2.20. The lowest BCUT2D eigenvalue weighted by Gasteiger charge is -2.16. The van der Waals surface area contributed by atoms with Crippen molar-refractivity contribution in [3.63, 3.8) is 0 Å². The largest absolute Gasteiger partial charge is 0.471 e. The molecule has 0 saturated carbocycles. The first-order valence-electron chi connectivity index (χ1n) is 4.10. The predicted molar refractivity (Wildman–Crippen MR) is 56.2 cm³/mol. The van der Waals surface area contributed by atoms with Gasteiger partial charge in [-0.1, -0.05) is 0 Å². The van der Waals surface area contributed by atoms with E-state index in [1.165, 1.54) is 12.4 Å². The molecule has 0 spiro atoms. The lowest BCUT2D eigenvalue weighted by atomic mass is 10.8. The van der Waals surface area contributed by atoms with Crippen LogP contribution in [-0.2, 0) is 13.7 Å². The number of aliphatic hydroxyl groups excluding tert-OH is 1. The molecule has 1 aromatic rings. The van der Waals surface area contributed by atoms with Gasteiger partial charge in [0.15, 0.2) is 6.29 Å². The first-order chi connectivity index (χ1) is 7.68. The third kappa shape index (κ3) is 6.84. The van der Waals surface area contributed by atoms with Gasteiger partial charge in [-0.05, 0) is 0 Å². The van der Waals surface area contributed by atoms with Gasteiger partial charge in [0.05, 0.1) is 6.20 Å². The van der Waals surface area contributed by atoms with Crippen LogP contribution in [0.1, 0.15) is 0 Å². The maximum Gasteiger partial charge on any atom is 0.471 e. The Labute approximate surface area is 101 Å². The molecule has 0 aliphatic carbocycles. The second-order valence-electron chi connectivity index (χ2n) is 2.87. The SMILES string of the molecule is O.O=P(O)(O)OC(O)CP(=O)(O)On1ccnc1. The van der Waals surface area contributed by atoms with Crippen LogP contribution in [0.2, 0.25) is 0 Å². The Morgan fingerprint density at radius 2 is 1.94 bits per heavy atom. The van der Waals surface area contributed by atoms with E-state index in [9.17, 15) is 14.0 Å². The molecule has 13 heteroatoms. The second-order valence-corrected chi connectivity index (χ2v) is 5.87. The van der Waals surface area contributed by atoms with Gasteiger partial charge in [0.1, 0.15) is 12.5 Å². The van der Waals surface area contributed by atoms with Gasteiger partial charge >= 0.3 is 15.4 Å². The summed E-state index contributed by atoms with van der Waals surface area (Å²) in [5, 5.41) is 9.00. The van der Waals surface area contributed by atoms with Crippen LogP contribution in [0.5, 0.6) is 0 Å². The fraction of sp³-hybridized carbons (Fsp3) is 0.400. The van der Waals surface area contributed by atoms with Gasteiger partial charge in [0, 0.05) is 6.20 Å². The molecule has 18 heavy (non-hydrogen) atoms. The zero-order valence-corrected chi connectivity index (χ0v) is 10.5. The zero-order valence-electron chi connectivity index (χ0n) is 8.73. The maximum absolute atomic E-state index is 11.4. The normalized spacial score (nSPS) is 16.4. The van der Waals surface area contributed by atoms with Crippen molar-refractivity contribution < 1.29 is 43.5 Å². The molecule has 2 unspecified atom stereocenters. The predicted octanol–water partition coefficient (Wildman–Crippen LogP) is -1.90. The number of phosphoric acid groups is 1. The number of imidazole rings is 1. The molecule has 1 rings (SSSR count). The average molecular weight is 306 g/mol. The molecule has 1 aromatic heterocycles. The van der Waals surface area contributed by atoms with Gasteiger partial charge in [-0.15, -0.1) is 0 Å². The number of aliphatic hydroxyl groups is 1. The Kier molecular flexibility index (Phi) is 6.14. The number of hydrogen-bond donors (Lipinski definition) is 4. The van der Waals surface area contributed by atoms with Crippen LogP contribution in [-0.4, -0.2) is 47.4 Å². The van der Waals surface area contributed by atoms with Gasteiger partial charge in [-0.3, -0.25) is 4.52 Å². The monoisotopic (exact) mass is 306 g/mol. The molecule has 0 fully saturated rings. The van der Waals surface area contributed by atoms with Crippen LogP contribution in [0.3, 0.4) is 0 Å². The number of aromatic nitrogens is 2. The van der Waals surface area contributed by atoms with Gasteiger partial charge in [0.25, 0.3) is 0 Å². The van der Waals surface area contributed by atoms with E-state index in [2.05, 4.69) is 14.1 Å². The molecule has 0 saturated heterocycles. The molecule has 0 radical (unpaired) electrons. The summed E-state index contributed by atoms with van der Waals surface area (Å²) in [5.41, 5.74) is 0. The van der Waals surface area contributed by atoms with E-state index < -0.39 is 27.9 Å².